The zero-order chi connectivity index (χ0) is 13.8. The maximum absolute atomic E-state index is 10.6. The Morgan fingerprint density at radius 3 is 2.68 bits per heavy atom. The van der Waals surface area contributed by atoms with Crippen LogP contribution in [0.1, 0.15) is 5.69 Å². The van der Waals surface area contributed by atoms with E-state index >= 15 is 0 Å². The van der Waals surface area contributed by atoms with Crippen molar-refractivity contribution in [3.8, 4) is 23.0 Å². The van der Waals surface area contributed by atoms with E-state index in [0.717, 1.165) is 0 Å². The largest absolute Gasteiger partial charge is 0.493 e. The number of methoxy groups -OCH3 is 2. The van der Waals surface area contributed by atoms with E-state index < -0.39 is 5.97 Å². The first-order valence-electron chi connectivity index (χ1n) is 5.52. The van der Waals surface area contributed by atoms with Gasteiger partial charge in [0.15, 0.2) is 11.5 Å². The SMILES string of the molecule is COc1ccc(-c2nc(CC(=O)O)co2)cc1OC. The summed E-state index contributed by atoms with van der Waals surface area (Å²) < 4.78 is 15.6. The van der Waals surface area contributed by atoms with Crippen LogP contribution >= 0.6 is 0 Å². The third kappa shape index (κ3) is 2.85. The van der Waals surface area contributed by atoms with Gasteiger partial charge in [0, 0.05) is 5.56 Å². The van der Waals surface area contributed by atoms with Gasteiger partial charge in [-0.05, 0) is 18.2 Å². The van der Waals surface area contributed by atoms with Gasteiger partial charge in [-0.3, -0.25) is 4.79 Å². The number of oxazole rings is 1. The van der Waals surface area contributed by atoms with Crippen molar-refractivity contribution < 1.29 is 23.8 Å². The number of hydrogen-bond donors (Lipinski definition) is 1. The number of benzene rings is 1. The molecule has 0 aliphatic rings. The molecule has 19 heavy (non-hydrogen) atoms. The quantitative estimate of drug-likeness (QED) is 0.888. The molecule has 0 aliphatic carbocycles. The number of aliphatic carboxylic acids is 1. The Morgan fingerprint density at radius 1 is 1.32 bits per heavy atom. The van der Waals surface area contributed by atoms with Crippen LogP contribution in [0.15, 0.2) is 28.9 Å². The van der Waals surface area contributed by atoms with E-state index in [1.54, 1.807) is 25.3 Å². The first kappa shape index (κ1) is 12.9. The van der Waals surface area contributed by atoms with Crippen LogP contribution in [0, 0.1) is 0 Å². The van der Waals surface area contributed by atoms with Gasteiger partial charge in [0.2, 0.25) is 5.89 Å². The van der Waals surface area contributed by atoms with Crippen molar-refractivity contribution in [3.63, 3.8) is 0 Å². The summed E-state index contributed by atoms with van der Waals surface area (Å²) in [6.07, 6.45) is 1.16. The van der Waals surface area contributed by atoms with Crippen LogP contribution in [-0.2, 0) is 11.2 Å². The highest BCUT2D eigenvalue weighted by atomic mass is 16.5. The normalized spacial score (nSPS) is 10.2. The molecule has 0 radical (unpaired) electrons. The molecule has 0 saturated heterocycles. The number of ether oxygens (including phenoxy) is 2. The van der Waals surface area contributed by atoms with Crippen LogP contribution < -0.4 is 9.47 Å². The summed E-state index contributed by atoms with van der Waals surface area (Å²) >= 11 is 0. The van der Waals surface area contributed by atoms with E-state index in [-0.39, 0.29) is 6.42 Å². The second-order valence-electron chi connectivity index (χ2n) is 3.78. The molecule has 1 heterocycles. The molecule has 0 unspecified atom stereocenters. The molecule has 6 nitrogen and oxygen atoms in total. The molecule has 0 spiro atoms. The Morgan fingerprint density at radius 2 is 2.05 bits per heavy atom. The van der Waals surface area contributed by atoms with Gasteiger partial charge in [0.05, 0.1) is 26.3 Å². The monoisotopic (exact) mass is 263 g/mol. The van der Waals surface area contributed by atoms with Gasteiger partial charge < -0.3 is 19.0 Å². The van der Waals surface area contributed by atoms with Crippen molar-refractivity contribution >= 4 is 5.97 Å². The van der Waals surface area contributed by atoms with Crippen molar-refractivity contribution in [2.75, 3.05) is 14.2 Å². The van der Waals surface area contributed by atoms with Crippen LogP contribution in [0.25, 0.3) is 11.5 Å². The average molecular weight is 263 g/mol. The molecular formula is C13H13NO5. The summed E-state index contributed by atoms with van der Waals surface area (Å²) in [7, 11) is 3.08. The minimum Gasteiger partial charge on any atom is -0.493 e. The molecule has 2 aromatic rings. The summed E-state index contributed by atoms with van der Waals surface area (Å²) in [5, 5.41) is 8.68. The number of nitrogens with zero attached hydrogens (tertiary/aromatic N) is 1. The Labute approximate surface area is 109 Å². The lowest BCUT2D eigenvalue weighted by Gasteiger charge is -2.07. The third-order valence-electron chi connectivity index (χ3n) is 2.51. The smallest absolute Gasteiger partial charge is 0.309 e. The van der Waals surface area contributed by atoms with E-state index in [1.807, 2.05) is 0 Å². The van der Waals surface area contributed by atoms with Gasteiger partial charge in [-0.15, -0.1) is 0 Å². The van der Waals surface area contributed by atoms with Crippen LogP contribution in [0.2, 0.25) is 0 Å². The zero-order valence-electron chi connectivity index (χ0n) is 10.5. The molecular weight excluding hydrogens is 250 g/mol. The fourth-order valence-electron chi connectivity index (χ4n) is 1.64. The molecule has 0 amide bonds. The summed E-state index contributed by atoms with van der Waals surface area (Å²) in [5.74, 6) is 0.547. The molecule has 0 saturated carbocycles. The Hall–Kier alpha value is -2.50. The maximum Gasteiger partial charge on any atom is 0.309 e. The summed E-state index contributed by atoms with van der Waals surface area (Å²) in [6.45, 7) is 0. The highest BCUT2D eigenvalue weighted by Gasteiger charge is 2.12. The number of carbonyl (C=O) groups is 1. The van der Waals surface area contributed by atoms with Gasteiger partial charge in [-0.2, -0.15) is 0 Å². The number of rotatable bonds is 5. The Balaban J connectivity index is 2.31. The highest BCUT2D eigenvalue weighted by molar-refractivity contribution is 5.69. The van der Waals surface area contributed by atoms with Crippen molar-refractivity contribution in [1.29, 1.82) is 0 Å². The van der Waals surface area contributed by atoms with Crippen molar-refractivity contribution in [2.24, 2.45) is 0 Å². The molecule has 0 aliphatic heterocycles. The van der Waals surface area contributed by atoms with E-state index in [4.69, 9.17) is 19.0 Å². The molecule has 0 fully saturated rings. The Kier molecular flexibility index (Phi) is 3.70. The van der Waals surface area contributed by atoms with Crippen LogP contribution in [0.4, 0.5) is 0 Å². The second kappa shape index (κ2) is 5.43. The van der Waals surface area contributed by atoms with E-state index in [9.17, 15) is 4.79 Å². The van der Waals surface area contributed by atoms with Crippen molar-refractivity contribution in [3.05, 3.63) is 30.2 Å². The third-order valence-corrected chi connectivity index (χ3v) is 2.51. The van der Waals surface area contributed by atoms with Crippen LogP contribution in [-0.4, -0.2) is 30.3 Å². The minimum absolute atomic E-state index is 0.170. The van der Waals surface area contributed by atoms with Crippen LogP contribution in [0.3, 0.4) is 0 Å². The minimum atomic E-state index is -0.952. The fraction of sp³-hybridized carbons (Fsp3) is 0.231. The van der Waals surface area contributed by atoms with Gasteiger partial charge >= 0.3 is 5.97 Å². The lowest BCUT2D eigenvalue weighted by molar-refractivity contribution is -0.136. The number of carboxylic acid groups (broad SMARTS) is 1. The summed E-state index contributed by atoms with van der Waals surface area (Å²) in [5.41, 5.74) is 1.06. The summed E-state index contributed by atoms with van der Waals surface area (Å²) in [6, 6.07) is 5.21. The fourth-order valence-corrected chi connectivity index (χ4v) is 1.64. The second-order valence-corrected chi connectivity index (χ2v) is 3.78. The van der Waals surface area contributed by atoms with E-state index in [1.165, 1.54) is 13.4 Å². The van der Waals surface area contributed by atoms with E-state index in [0.29, 0.717) is 28.6 Å². The predicted molar refractivity (Wildman–Crippen MR) is 66.4 cm³/mol. The Bertz CT molecular complexity index is 590. The number of carboxylic acids is 1. The predicted octanol–water partition coefficient (Wildman–Crippen LogP) is 1.99. The number of hydrogen-bond acceptors (Lipinski definition) is 5. The first-order valence-corrected chi connectivity index (χ1v) is 5.52. The maximum atomic E-state index is 10.6. The molecule has 6 heteroatoms. The molecule has 100 valence electrons. The van der Waals surface area contributed by atoms with Crippen molar-refractivity contribution in [2.45, 2.75) is 6.42 Å². The molecule has 2 rings (SSSR count). The standard InChI is InChI=1S/C13H13NO5/c1-17-10-4-3-8(5-11(10)18-2)13-14-9(7-19-13)6-12(15)16/h3-5,7H,6H2,1-2H3,(H,15,16). The molecule has 1 aromatic carbocycles. The lowest BCUT2D eigenvalue weighted by Crippen LogP contribution is -1.99. The zero-order valence-corrected chi connectivity index (χ0v) is 10.5. The van der Waals surface area contributed by atoms with Gasteiger partial charge in [0.25, 0.3) is 0 Å². The highest BCUT2D eigenvalue weighted by Crippen LogP contribution is 2.31. The first-order chi connectivity index (χ1) is 9.13. The van der Waals surface area contributed by atoms with Gasteiger partial charge in [-0.25, -0.2) is 4.98 Å². The summed E-state index contributed by atoms with van der Waals surface area (Å²) in [4.78, 5) is 14.7. The van der Waals surface area contributed by atoms with Gasteiger partial charge in [0.1, 0.15) is 6.26 Å². The van der Waals surface area contributed by atoms with E-state index in [2.05, 4.69) is 4.98 Å². The molecule has 0 bridgehead atoms. The van der Waals surface area contributed by atoms with Crippen LogP contribution in [0.5, 0.6) is 11.5 Å². The lowest BCUT2D eigenvalue weighted by atomic mass is 10.2. The molecule has 0 atom stereocenters. The topological polar surface area (TPSA) is 81.8 Å². The van der Waals surface area contributed by atoms with Crippen molar-refractivity contribution in [1.82, 2.24) is 4.98 Å². The molecule has 1 aromatic heterocycles. The molecule has 1 N–H and O–H groups in total. The number of aromatic nitrogens is 1. The van der Waals surface area contributed by atoms with Gasteiger partial charge in [-0.1, -0.05) is 0 Å². The average Bonchev–Trinajstić information content (AvgIpc) is 2.85.